The van der Waals surface area contributed by atoms with Crippen LogP contribution in [-0.2, 0) is 10.2 Å². The second kappa shape index (κ2) is 5.20. The summed E-state index contributed by atoms with van der Waals surface area (Å²) in [5, 5.41) is 1.43. The van der Waals surface area contributed by atoms with Crippen LogP contribution >= 0.6 is 23.4 Å². The summed E-state index contributed by atoms with van der Waals surface area (Å²) < 4.78 is 0. The Balaban J connectivity index is 1.67. The Kier molecular flexibility index (Phi) is 3.46. The highest BCUT2D eigenvalue weighted by Crippen LogP contribution is 2.46. The summed E-state index contributed by atoms with van der Waals surface area (Å²) in [5.41, 5.74) is 0.893. The van der Waals surface area contributed by atoms with Gasteiger partial charge in [-0.3, -0.25) is 4.79 Å². The van der Waals surface area contributed by atoms with E-state index in [1.807, 2.05) is 23.9 Å². The van der Waals surface area contributed by atoms with Gasteiger partial charge in [-0.15, -0.1) is 0 Å². The normalized spacial score (nSPS) is 30.0. The Hall–Kier alpha value is -0.670. The zero-order valence-corrected chi connectivity index (χ0v) is 13.6. The van der Waals surface area contributed by atoms with Gasteiger partial charge in [-0.1, -0.05) is 36.6 Å². The zero-order valence-electron chi connectivity index (χ0n) is 12.1. The molecular weight excluding hydrogens is 302 g/mol. The molecule has 4 heteroatoms. The number of amides is 1. The number of hydrogen-bond acceptors (Lipinski definition) is 2. The first kappa shape index (κ1) is 14.0. The van der Waals surface area contributed by atoms with Gasteiger partial charge in [0.15, 0.2) is 0 Å². The molecule has 0 N–H and O–H groups in total. The summed E-state index contributed by atoms with van der Waals surface area (Å²) in [6.45, 7) is 0.962. The lowest BCUT2D eigenvalue weighted by Gasteiger charge is -2.37. The van der Waals surface area contributed by atoms with Crippen molar-refractivity contribution < 1.29 is 4.79 Å². The van der Waals surface area contributed by atoms with E-state index in [2.05, 4.69) is 17.0 Å². The molecule has 3 aliphatic rings. The Morgan fingerprint density at radius 3 is 2.52 bits per heavy atom. The molecular formula is C17H20ClNOS. The number of halogens is 1. The third-order valence-electron chi connectivity index (χ3n) is 5.42. The predicted molar refractivity (Wildman–Crippen MR) is 88.0 cm³/mol. The number of fused-ring (bicyclic) bond motifs is 2. The molecule has 2 nitrogen and oxygen atoms in total. The Morgan fingerprint density at radius 2 is 1.95 bits per heavy atom. The smallest absolute Gasteiger partial charge is 0.233 e. The third kappa shape index (κ3) is 2.20. The number of thioether (sulfide) groups is 1. The van der Waals surface area contributed by atoms with Crippen molar-refractivity contribution in [3.8, 4) is 0 Å². The van der Waals surface area contributed by atoms with E-state index >= 15 is 0 Å². The Labute approximate surface area is 135 Å². The maximum absolute atomic E-state index is 13.3. The van der Waals surface area contributed by atoms with Crippen molar-refractivity contribution in [3.05, 3.63) is 34.9 Å². The average molecular weight is 322 g/mol. The van der Waals surface area contributed by atoms with Crippen LogP contribution in [0, 0.1) is 0 Å². The molecule has 112 valence electrons. The minimum absolute atomic E-state index is 0.278. The van der Waals surface area contributed by atoms with Crippen LogP contribution < -0.4 is 0 Å². The van der Waals surface area contributed by atoms with Crippen molar-refractivity contribution in [2.45, 2.75) is 48.8 Å². The van der Waals surface area contributed by atoms with E-state index < -0.39 is 0 Å². The lowest BCUT2D eigenvalue weighted by molar-refractivity contribution is -0.137. The van der Waals surface area contributed by atoms with Gasteiger partial charge in [-0.2, -0.15) is 11.8 Å². The van der Waals surface area contributed by atoms with Crippen LogP contribution in [0.25, 0.3) is 0 Å². The molecule has 2 saturated heterocycles. The minimum atomic E-state index is -0.278. The molecule has 1 saturated carbocycles. The lowest BCUT2D eigenvalue weighted by atomic mass is 9.77. The van der Waals surface area contributed by atoms with E-state index in [-0.39, 0.29) is 5.41 Å². The van der Waals surface area contributed by atoms with Crippen LogP contribution in [0.4, 0.5) is 0 Å². The van der Waals surface area contributed by atoms with Crippen molar-refractivity contribution in [1.29, 1.82) is 0 Å². The quantitative estimate of drug-likeness (QED) is 0.824. The summed E-state index contributed by atoms with van der Waals surface area (Å²) in [7, 11) is 0. The van der Waals surface area contributed by atoms with Gasteiger partial charge in [0, 0.05) is 28.6 Å². The fraction of sp³-hybridized carbons (Fsp3) is 0.588. The van der Waals surface area contributed by atoms with Crippen molar-refractivity contribution >= 4 is 29.3 Å². The first-order chi connectivity index (χ1) is 10.2. The van der Waals surface area contributed by atoms with Gasteiger partial charge in [0.1, 0.15) is 0 Å². The van der Waals surface area contributed by atoms with Gasteiger partial charge in [-0.25, -0.2) is 0 Å². The molecule has 1 aromatic rings. The SMILES string of the molecule is O=C(N1CC2CC1CS2)C1(c2ccc(Cl)cc2)CCCC1. The molecule has 1 aliphatic carbocycles. The topological polar surface area (TPSA) is 20.3 Å². The number of nitrogens with zero attached hydrogens (tertiary/aromatic N) is 1. The number of carbonyl (C=O) groups excluding carboxylic acids is 1. The second-order valence-electron chi connectivity index (χ2n) is 6.60. The van der Waals surface area contributed by atoms with Crippen molar-refractivity contribution in [2.24, 2.45) is 0 Å². The molecule has 0 aromatic heterocycles. The summed E-state index contributed by atoms with van der Waals surface area (Å²) in [6, 6.07) is 8.47. The number of likely N-dealkylation sites (tertiary alicyclic amines) is 1. The fourth-order valence-corrected chi connectivity index (χ4v) is 5.86. The maximum Gasteiger partial charge on any atom is 0.233 e. The summed E-state index contributed by atoms with van der Waals surface area (Å²) >= 11 is 8.06. The van der Waals surface area contributed by atoms with E-state index in [1.165, 1.54) is 12.0 Å². The monoisotopic (exact) mass is 321 g/mol. The average Bonchev–Trinajstić information content (AvgIpc) is 3.23. The van der Waals surface area contributed by atoms with Gasteiger partial charge >= 0.3 is 0 Å². The molecule has 2 aliphatic heterocycles. The summed E-state index contributed by atoms with van der Waals surface area (Å²) in [5.74, 6) is 1.52. The Bertz CT molecular complexity index is 552. The molecule has 0 spiro atoms. The van der Waals surface area contributed by atoms with Crippen LogP contribution in [0.3, 0.4) is 0 Å². The highest BCUT2D eigenvalue weighted by Gasteiger charge is 2.50. The van der Waals surface area contributed by atoms with Crippen LogP contribution in [0.2, 0.25) is 5.02 Å². The molecule has 2 unspecified atom stereocenters. The number of benzene rings is 1. The molecule has 21 heavy (non-hydrogen) atoms. The summed E-state index contributed by atoms with van der Waals surface area (Å²) in [6.07, 6.45) is 5.51. The fourth-order valence-electron chi connectivity index (χ4n) is 4.30. The molecule has 3 fully saturated rings. The second-order valence-corrected chi connectivity index (χ2v) is 8.37. The van der Waals surface area contributed by atoms with Crippen molar-refractivity contribution in [1.82, 2.24) is 4.90 Å². The molecule has 0 radical (unpaired) electrons. The molecule has 2 bridgehead atoms. The number of carbonyl (C=O) groups is 1. The van der Waals surface area contributed by atoms with E-state index in [9.17, 15) is 4.79 Å². The maximum atomic E-state index is 13.3. The highest BCUT2D eigenvalue weighted by atomic mass is 35.5. The van der Waals surface area contributed by atoms with Crippen molar-refractivity contribution in [3.63, 3.8) is 0 Å². The first-order valence-electron chi connectivity index (χ1n) is 7.88. The molecule has 1 amide bonds. The number of rotatable bonds is 2. The van der Waals surface area contributed by atoms with Crippen molar-refractivity contribution in [2.75, 3.05) is 12.3 Å². The van der Waals surface area contributed by atoms with E-state index in [0.717, 1.165) is 43.0 Å². The van der Waals surface area contributed by atoms with Gasteiger partial charge in [0.2, 0.25) is 5.91 Å². The van der Waals surface area contributed by atoms with Crippen LogP contribution in [0.5, 0.6) is 0 Å². The zero-order chi connectivity index (χ0) is 14.4. The summed E-state index contributed by atoms with van der Waals surface area (Å²) in [4.78, 5) is 15.5. The van der Waals surface area contributed by atoms with Crippen LogP contribution in [0.15, 0.2) is 24.3 Å². The molecule has 2 heterocycles. The van der Waals surface area contributed by atoms with Crippen LogP contribution in [0.1, 0.15) is 37.7 Å². The Morgan fingerprint density at radius 1 is 1.24 bits per heavy atom. The highest BCUT2D eigenvalue weighted by molar-refractivity contribution is 8.00. The van der Waals surface area contributed by atoms with Gasteiger partial charge < -0.3 is 4.90 Å². The standard InChI is InChI=1S/C17H20ClNOS/c18-13-5-3-12(4-6-13)17(7-1-2-8-17)16(20)19-10-15-9-14(19)11-21-15/h3-6,14-15H,1-2,7-11H2. The third-order valence-corrected chi connectivity index (χ3v) is 7.07. The van der Waals surface area contributed by atoms with E-state index in [0.29, 0.717) is 17.2 Å². The predicted octanol–water partition coefficient (Wildman–Crippen LogP) is 3.87. The molecule has 4 rings (SSSR count). The van der Waals surface area contributed by atoms with E-state index in [4.69, 9.17) is 11.6 Å². The van der Waals surface area contributed by atoms with Gasteiger partial charge in [0.25, 0.3) is 0 Å². The van der Waals surface area contributed by atoms with Gasteiger partial charge in [0.05, 0.1) is 5.41 Å². The minimum Gasteiger partial charge on any atom is -0.337 e. The van der Waals surface area contributed by atoms with E-state index in [1.54, 1.807) is 0 Å². The number of hydrogen-bond donors (Lipinski definition) is 0. The van der Waals surface area contributed by atoms with Gasteiger partial charge in [-0.05, 0) is 37.0 Å². The molecule has 2 atom stereocenters. The first-order valence-corrected chi connectivity index (χ1v) is 9.30. The molecule has 1 aromatic carbocycles. The lowest BCUT2D eigenvalue weighted by Crippen LogP contribution is -2.49. The van der Waals surface area contributed by atoms with Crippen LogP contribution in [-0.4, -0.2) is 34.4 Å². The largest absolute Gasteiger partial charge is 0.337 e.